The van der Waals surface area contributed by atoms with Crippen molar-refractivity contribution in [1.82, 2.24) is 14.8 Å². The fourth-order valence-electron chi connectivity index (χ4n) is 2.10. The molecule has 6 nitrogen and oxygen atoms in total. The van der Waals surface area contributed by atoms with Crippen LogP contribution in [-0.2, 0) is 0 Å². The molecule has 3 aromatic rings. The van der Waals surface area contributed by atoms with Crippen LogP contribution in [0.2, 0.25) is 5.02 Å². The van der Waals surface area contributed by atoms with Gasteiger partial charge in [0, 0.05) is 5.02 Å². The lowest BCUT2D eigenvalue weighted by molar-refractivity contribution is 0.255. The molecule has 0 bridgehead atoms. The molecule has 7 heteroatoms. The van der Waals surface area contributed by atoms with Crippen molar-refractivity contribution in [2.45, 2.75) is 0 Å². The van der Waals surface area contributed by atoms with Crippen LogP contribution in [0.5, 0.6) is 0 Å². The van der Waals surface area contributed by atoms with E-state index in [0.717, 1.165) is 5.69 Å². The number of carbonyl (C=O) groups is 1. The minimum atomic E-state index is -0.674. The summed E-state index contributed by atoms with van der Waals surface area (Å²) in [6.07, 6.45) is 1.36. The third-order valence-electron chi connectivity index (χ3n) is 3.02. The zero-order valence-electron chi connectivity index (χ0n) is 11.4. The minimum Gasteiger partial charge on any atom is -0.351 e. The first-order valence-corrected chi connectivity index (χ1v) is 6.85. The standard InChI is InChI=1S/C15H12ClN5O/c16-11-5-4-8-13(9-11)20(14(17)22)15-18-10-19-21(15)12-6-2-1-3-7-12/h1-10H,(H2,17,22). The van der Waals surface area contributed by atoms with Crippen LogP contribution in [-0.4, -0.2) is 20.8 Å². The Labute approximate surface area is 131 Å². The van der Waals surface area contributed by atoms with Crippen molar-refractivity contribution < 1.29 is 4.79 Å². The number of nitrogens with zero attached hydrogens (tertiary/aromatic N) is 4. The minimum absolute atomic E-state index is 0.293. The first-order chi connectivity index (χ1) is 10.7. The van der Waals surface area contributed by atoms with Crippen molar-refractivity contribution in [3.8, 4) is 5.69 Å². The summed E-state index contributed by atoms with van der Waals surface area (Å²) >= 11 is 5.99. The first-order valence-electron chi connectivity index (χ1n) is 6.47. The summed E-state index contributed by atoms with van der Waals surface area (Å²) in [5.74, 6) is 0.293. The molecule has 0 aliphatic heterocycles. The Balaban J connectivity index is 2.12. The normalized spacial score (nSPS) is 10.4. The largest absolute Gasteiger partial charge is 0.351 e. The van der Waals surface area contributed by atoms with Gasteiger partial charge in [0.25, 0.3) is 0 Å². The van der Waals surface area contributed by atoms with E-state index >= 15 is 0 Å². The average molecular weight is 314 g/mol. The van der Waals surface area contributed by atoms with Gasteiger partial charge in [-0.2, -0.15) is 14.8 Å². The maximum atomic E-state index is 11.9. The third-order valence-corrected chi connectivity index (χ3v) is 3.25. The van der Waals surface area contributed by atoms with Crippen molar-refractivity contribution >= 4 is 29.3 Å². The summed E-state index contributed by atoms with van der Waals surface area (Å²) in [5.41, 5.74) is 6.81. The molecule has 1 heterocycles. The fourth-order valence-corrected chi connectivity index (χ4v) is 2.28. The SMILES string of the molecule is NC(=O)N(c1cccc(Cl)c1)c1ncnn1-c1ccccc1. The molecule has 0 radical (unpaired) electrons. The van der Waals surface area contributed by atoms with E-state index in [2.05, 4.69) is 10.1 Å². The Hall–Kier alpha value is -2.86. The molecular weight excluding hydrogens is 302 g/mol. The molecule has 110 valence electrons. The summed E-state index contributed by atoms with van der Waals surface area (Å²) < 4.78 is 1.53. The Kier molecular flexibility index (Phi) is 3.76. The lowest BCUT2D eigenvalue weighted by Crippen LogP contribution is -2.33. The number of anilines is 2. The molecule has 0 unspecified atom stereocenters. The molecule has 1 aromatic heterocycles. The monoisotopic (exact) mass is 313 g/mol. The molecule has 2 N–H and O–H groups in total. The van der Waals surface area contributed by atoms with Crippen LogP contribution in [0.1, 0.15) is 0 Å². The zero-order chi connectivity index (χ0) is 15.5. The molecule has 22 heavy (non-hydrogen) atoms. The van der Waals surface area contributed by atoms with Crippen molar-refractivity contribution in [1.29, 1.82) is 0 Å². The quantitative estimate of drug-likeness (QED) is 0.807. The Morgan fingerprint density at radius 2 is 1.91 bits per heavy atom. The molecule has 2 aromatic carbocycles. The summed E-state index contributed by atoms with van der Waals surface area (Å²) in [6.45, 7) is 0. The molecule has 0 atom stereocenters. The van der Waals surface area contributed by atoms with Crippen LogP contribution in [0.15, 0.2) is 60.9 Å². The number of nitrogens with two attached hydrogens (primary N) is 1. The van der Waals surface area contributed by atoms with Crippen LogP contribution in [0, 0.1) is 0 Å². The zero-order valence-corrected chi connectivity index (χ0v) is 12.2. The predicted molar refractivity (Wildman–Crippen MR) is 84.5 cm³/mol. The van der Waals surface area contributed by atoms with Gasteiger partial charge in [-0.25, -0.2) is 9.69 Å². The lowest BCUT2D eigenvalue weighted by Gasteiger charge is -2.20. The number of aromatic nitrogens is 3. The number of benzene rings is 2. The molecule has 0 saturated heterocycles. The highest BCUT2D eigenvalue weighted by Gasteiger charge is 2.21. The van der Waals surface area contributed by atoms with Crippen LogP contribution >= 0.6 is 11.6 Å². The lowest BCUT2D eigenvalue weighted by atomic mass is 10.3. The van der Waals surface area contributed by atoms with Gasteiger partial charge in [-0.05, 0) is 30.3 Å². The highest BCUT2D eigenvalue weighted by Crippen LogP contribution is 2.27. The number of halogens is 1. The van der Waals surface area contributed by atoms with Crippen molar-refractivity contribution in [2.75, 3.05) is 4.90 Å². The van der Waals surface area contributed by atoms with E-state index in [0.29, 0.717) is 16.7 Å². The van der Waals surface area contributed by atoms with E-state index < -0.39 is 6.03 Å². The molecule has 0 aliphatic carbocycles. The number of hydrogen-bond donors (Lipinski definition) is 1. The van der Waals surface area contributed by atoms with Crippen molar-refractivity contribution in [3.63, 3.8) is 0 Å². The number of amides is 2. The van der Waals surface area contributed by atoms with Crippen LogP contribution in [0.25, 0.3) is 5.69 Å². The molecule has 3 rings (SSSR count). The Bertz CT molecular complexity index is 802. The maximum absolute atomic E-state index is 11.9. The Morgan fingerprint density at radius 1 is 1.14 bits per heavy atom. The number of rotatable bonds is 3. The van der Waals surface area contributed by atoms with Gasteiger partial charge < -0.3 is 5.73 Å². The van der Waals surface area contributed by atoms with E-state index in [1.165, 1.54) is 15.9 Å². The maximum Gasteiger partial charge on any atom is 0.326 e. The van der Waals surface area contributed by atoms with Crippen LogP contribution < -0.4 is 10.6 Å². The second-order valence-corrected chi connectivity index (χ2v) is 4.90. The van der Waals surface area contributed by atoms with Gasteiger partial charge in [-0.3, -0.25) is 0 Å². The molecule has 0 aliphatic rings. The van der Waals surface area contributed by atoms with E-state index in [9.17, 15) is 4.79 Å². The summed E-state index contributed by atoms with van der Waals surface area (Å²) in [7, 11) is 0. The van der Waals surface area contributed by atoms with Gasteiger partial charge in [0.15, 0.2) is 0 Å². The van der Waals surface area contributed by atoms with Crippen molar-refractivity contribution in [3.05, 3.63) is 65.9 Å². The van der Waals surface area contributed by atoms with E-state index in [4.69, 9.17) is 17.3 Å². The summed E-state index contributed by atoms with van der Waals surface area (Å²) in [4.78, 5) is 17.3. The average Bonchev–Trinajstić information content (AvgIpc) is 2.97. The second kappa shape index (κ2) is 5.87. The number of hydrogen-bond acceptors (Lipinski definition) is 3. The molecule has 2 amide bonds. The molecule has 0 spiro atoms. The summed E-state index contributed by atoms with van der Waals surface area (Å²) in [6, 6.07) is 15.5. The topological polar surface area (TPSA) is 77.0 Å². The second-order valence-electron chi connectivity index (χ2n) is 4.46. The van der Waals surface area contributed by atoms with Gasteiger partial charge in [0.2, 0.25) is 5.95 Å². The van der Waals surface area contributed by atoms with Gasteiger partial charge in [0.1, 0.15) is 6.33 Å². The van der Waals surface area contributed by atoms with E-state index in [1.807, 2.05) is 30.3 Å². The van der Waals surface area contributed by atoms with Gasteiger partial charge in [-0.1, -0.05) is 35.9 Å². The number of para-hydroxylation sites is 1. The number of primary amides is 1. The van der Waals surface area contributed by atoms with Crippen LogP contribution in [0.3, 0.4) is 0 Å². The first kappa shape index (κ1) is 14.1. The predicted octanol–water partition coefficient (Wildman–Crippen LogP) is 3.14. The van der Waals surface area contributed by atoms with Gasteiger partial charge in [0.05, 0.1) is 11.4 Å². The fraction of sp³-hybridized carbons (Fsp3) is 0. The van der Waals surface area contributed by atoms with Crippen LogP contribution in [0.4, 0.5) is 16.4 Å². The summed E-state index contributed by atoms with van der Waals surface area (Å²) in [5, 5.41) is 4.66. The van der Waals surface area contributed by atoms with Gasteiger partial charge >= 0.3 is 6.03 Å². The highest BCUT2D eigenvalue weighted by atomic mass is 35.5. The highest BCUT2D eigenvalue weighted by molar-refractivity contribution is 6.31. The van der Waals surface area contributed by atoms with E-state index in [1.54, 1.807) is 24.3 Å². The Morgan fingerprint density at radius 3 is 2.59 bits per heavy atom. The smallest absolute Gasteiger partial charge is 0.326 e. The van der Waals surface area contributed by atoms with Gasteiger partial charge in [-0.15, -0.1) is 0 Å². The number of carbonyl (C=O) groups excluding carboxylic acids is 1. The molecule has 0 saturated carbocycles. The number of urea groups is 1. The van der Waals surface area contributed by atoms with E-state index in [-0.39, 0.29) is 0 Å². The van der Waals surface area contributed by atoms with Crippen molar-refractivity contribution in [2.24, 2.45) is 5.73 Å². The molecular formula is C15H12ClN5O. The third kappa shape index (κ3) is 2.64. The molecule has 0 fully saturated rings.